The zero-order valence-corrected chi connectivity index (χ0v) is 20.4. The van der Waals surface area contributed by atoms with Crippen molar-refractivity contribution in [2.24, 2.45) is 29.6 Å². The first-order valence-electron chi connectivity index (χ1n) is 9.14. The molecule has 1 radical (unpaired) electrons. The summed E-state index contributed by atoms with van der Waals surface area (Å²) in [6, 6.07) is 0. The molecule has 133 valence electrons. The van der Waals surface area contributed by atoms with Crippen molar-refractivity contribution in [3.05, 3.63) is 23.8 Å². The van der Waals surface area contributed by atoms with E-state index in [0.717, 1.165) is 12.8 Å². The van der Waals surface area contributed by atoms with Crippen molar-refractivity contribution in [3.8, 4) is 0 Å². The van der Waals surface area contributed by atoms with E-state index in [4.69, 9.17) is 4.74 Å². The van der Waals surface area contributed by atoms with Crippen LogP contribution in [-0.4, -0.2) is 27.7 Å². The summed E-state index contributed by atoms with van der Waals surface area (Å²) in [6.45, 7) is 10.8. The van der Waals surface area contributed by atoms with E-state index in [1.165, 1.54) is 5.57 Å². The van der Waals surface area contributed by atoms with Crippen LogP contribution in [0, 0.1) is 73.7 Å². The van der Waals surface area contributed by atoms with Gasteiger partial charge in [0.05, 0.1) is 6.10 Å². The van der Waals surface area contributed by atoms with Crippen molar-refractivity contribution in [1.82, 2.24) is 0 Å². The Balaban J connectivity index is 0.00000208. The van der Waals surface area contributed by atoms with Gasteiger partial charge in [-0.2, -0.15) is 0 Å². The maximum absolute atomic E-state index is 10.9. The van der Waals surface area contributed by atoms with Gasteiger partial charge in [0.25, 0.3) is 0 Å². The zero-order valence-electron chi connectivity index (χ0n) is 15.7. The van der Waals surface area contributed by atoms with E-state index in [-0.39, 0.29) is 50.0 Å². The molecular weight excluding hydrogens is 515 g/mol. The Morgan fingerprint density at radius 3 is 2.54 bits per heavy atom. The average molecular weight is 547 g/mol. The van der Waals surface area contributed by atoms with Crippen molar-refractivity contribution in [1.29, 1.82) is 0 Å². The fourth-order valence-corrected chi connectivity index (χ4v) is 4.95. The van der Waals surface area contributed by atoms with Crippen molar-refractivity contribution >= 4 is 0 Å². The molecule has 3 rings (SSSR count). The predicted octanol–water partition coefficient (Wildman–Crippen LogP) is 3.67. The van der Waals surface area contributed by atoms with E-state index < -0.39 is 17.5 Å². The molecule has 2 aliphatic heterocycles. The maximum atomic E-state index is 10.9. The molecule has 0 amide bonds. The summed E-state index contributed by atoms with van der Waals surface area (Å²) in [6.07, 6.45) is 8.14. The molecule has 2 N–H and O–H groups in total. The van der Waals surface area contributed by atoms with Gasteiger partial charge in [0.15, 0.2) is 5.79 Å². The zero-order chi connectivity index (χ0) is 17.0. The van der Waals surface area contributed by atoms with E-state index in [1.54, 1.807) is 6.08 Å². The first kappa shape index (κ1) is 21.1. The van der Waals surface area contributed by atoms with Gasteiger partial charge >= 0.3 is 0 Å². The third-order valence-corrected chi connectivity index (χ3v) is 6.73. The molecule has 6 unspecified atom stereocenters. The number of ether oxygens (including phenoxy) is 1. The van der Waals surface area contributed by atoms with Crippen LogP contribution in [0.5, 0.6) is 0 Å². The molecule has 3 aliphatic rings. The van der Waals surface area contributed by atoms with Crippen LogP contribution in [0.15, 0.2) is 23.8 Å². The molecule has 3 nitrogen and oxygen atoms in total. The molecule has 4 heteroatoms. The molecule has 2 heterocycles. The summed E-state index contributed by atoms with van der Waals surface area (Å²) in [5, 5.41) is 21.8. The Kier molecular flexibility index (Phi) is 6.54. The summed E-state index contributed by atoms with van der Waals surface area (Å²) in [5.74, 6) is 0.858. The minimum absolute atomic E-state index is 0. The van der Waals surface area contributed by atoms with E-state index in [0.29, 0.717) is 30.1 Å². The van der Waals surface area contributed by atoms with Crippen LogP contribution in [0.25, 0.3) is 0 Å². The van der Waals surface area contributed by atoms with Crippen LogP contribution in [0.4, 0.5) is 0 Å². The molecule has 1 aliphatic carbocycles. The van der Waals surface area contributed by atoms with Crippen LogP contribution in [0.2, 0.25) is 0 Å². The summed E-state index contributed by atoms with van der Waals surface area (Å²) in [4.78, 5) is 0. The largest absolute Gasteiger partial charge is 0.390 e. The van der Waals surface area contributed by atoms with Crippen LogP contribution in [0.3, 0.4) is 0 Å². The van der Waals surface area contributed by atoms with Gasteiger partial charge in [-0.15, -0.1) is 0 Å². The normalized spacial score (nSPS) is 48.0. The number of allylic oxidation sites excluding steroid dienone is 2. The quantitative estimate of drug-likeness (QED) is 0.493. The minimum Gasteiger partial charge on any atom is -0.390 e. The first-order chi connectivity index (χ1) is 10.7. The second kappa shape index (κ2) is 7.43. The Morgan fingerprint density at radius 1 is 1.25 bits per heavy atom. The molecule has 0 spiro atoms. The number of fused-ring (bicyclic) bond motifs is 3. The maximum Gasteiger partial charge on any atom is 0.189 e. The Labute approximate surface area is 182 Å². The summed E-state index contributed by atoms with van der Waals surface area (Å²) >= 11 is 0. The number of hydrogen-bond donors (Lipinski definition) is 2. The molecule has 1 fully saturated rings. The fourth-order valence-electron chi connectivity index (χ4n) is 4.95. The Bertz CT molecular complexity index is 529. The minimum atomic E-state index is -1.25. The molecule has 0 saturated carbocycles. The first-order valence-corrected chi connectivity index (χ1v) is 9.14. The van der Waals surface area contributed by atoms with Crippen molar-refractivity contribution in [2.75, 3.05) is 0 Å². The summed E-state index contributed by atoms with van der Waals surface area (Å²) in [5.41, 5.74) is 0.610. The van der Waals surface area contributed by atoms with Crippen molar-refractivity contribution in [3.63, 3.8) is 0 Å². The van der Waals surface area contributed by atoms with E-state index >= 15 is 0 Å². The molecule has 24 heavy (non-hydrogen) atoms. The summed E-state index contributed by atoms with van der Waals surface area (Å²) in [7, 11) is 0. The van der Waals surface area contributed by atoms with Gasteiger partial charge in [-0.25, -0.2) is 0 Å². The average Bonchev–Trinajstić information content (AvgIpc) is 2.80. The molecule has 0 aromatic carbocycles. The van der Waals surface area contributed by atoms with Gasteiger partial charge < -0.3 is 14.9 Å². The van der Waals surface area contributed by atoms with E-state index in [1.807, 2.05) is 13.0 Å². The van der Waals surface area contributed by atoms with Crippen LogP contribution >= 0.6 is 0 Å². The van der Waals surface area contributed by atoms with Crippen LogP contribution in [-0.2, 0) is 4.74 Å². The SMILES string of the molecule is CC1=CC[C@H](C(C)C)C2CC(C)C3(O)C=CC(C)(O3)C(O)CC12.[Ac]. The van der Waals surface area contributed by atoms with Crippen LogP contribution < -0.4 is 0 Å². The van der Waals surface area contributed by atoms with Gasteiger partial charge in [0, 0.05) is 50.0 Å². The number of rotatable bonds is 1. The second-order valence-corrected chi connectivity index (χ2v) is 8.62. The van der Waals surface area contributed by atoms with Crippen molar-refractivity contribution < 1.29 is 59.0 Å². The topological polar surface area (TPSA) is 49.7 Å². The summed E-state index contributed by atoms with van der Waals surface area (Å²) < 4.78 is 5.99. The number of aliphatic hydroxyl groups excluding tert-OH is 1. The molecule has 0 aromatic heterocycles. The molecule has 1 saturated heterocycles. The second-order valence-electron chi connectivity index (χ2n) is 8.62. The Morgan fingerprint density at radius 2 is 1.92 bits per heavy atom. The third kappa shape index (κ3) is 3.61. The van der Waals surface area contributed by atoms with E-state index in [9.17, 15) is 10.2 Å². The van der Waals surface area contributed by atoms with Gasteiger partial charge in [0.2, 0.25) is 0 Å². The number of hydrogen-bond acceptors (Lipinski definition) is 3. The molecule has 7 atom stereocenters. The number of aliphatic hydroxyl groups is 2. The monoisotopic (exact) mass is 547 g/mol. The van der Waals surface area contributed by atoms with Crippen molar-refractivity contribution in [2.45, 2.75) is 71.4 Å². The van der Waals surface area contributed by atoms with Gasteiger partial charge in [-0.1, -0.05) is 32.4 Å². The fraction of sp³-hybridized carbons (Fsp3) is 0.800. The molecule has 2 bridgehead atoms. The van der Waals surface area contributed by atoms with E-state index in [2.05, 4.69) is 33.8 Å². The van der Waals surface area contributed by atoms with Gasteiger partial charge in [-0.3, -0.25) is 0 Å². The third-order valence-electron chi connectivity index (χ3n) is 6.73. The predicted molar refractivity (Wildman–Crippen MR) is 91.7 cm³/mol. The van der Waals surface area contributed by atoms with Gasteiger partial charge in [0.1, 0.15) is 5.60 Å². The molecule has 0 aromatic rings. The smallest absolute Gasteiger partial charge is 0.189 e. The molecular formula is C20H32AcO3. The van der Waals surface area contributed by atoms with Crippen LogP contribution in [0.1, 0.15) is 53.9 Å². The Hall–Kier alpha value is 0.802. The van der Waals surface area contributed by atoms with Gasteiger partial charge in [-0.05, 0) is 68.9 Å². The standard InChI is InChI=1S/C20H32O3.Ac/c1-12(2)15-7-6-13(3)16-11-18(21)19(5)8-9-20(22,23-19)14(4)10-17(15)16;/h6,8-9,12,14-18,21-22H,7,10-11H2,1-5H3;/t14?,15-,16?,17?,18?,19?,20?;/m1./s1.